The fourth-order valence-corrected chi connectivity index (χ4v) is 3.17. The Kier molecular flexibility index (Phi) is 4.38. The summed E-state index contributed by atoms with van der Waals surface area (Å²) in [5.41, 5.74) is 4.53. The highest BCUT2D eigenvalue weighted by Crippen LogP contribution is 2.41. The zero-order chi connectivity index (χ0) is 18.2. The third-order valence-electron chi connectivity index (χ3n) is 4.76. The predicted octanol–water partition coefficient (Wildman–Crippen LogP) is 5.22. The average molecular weight is 338 g/mol. The highest BCUT2D eigenvalue weighted by Gasteiger charge is 2.29. The van der Waals surface area contributed by atoms with Gasteiger partial charge in [-0.2, -0.15) is 0 Å². The molecule has 0 saturated carbocycles. The molecule has 3 rings (SSSR count). The number of halogens is 1. The van der Waals surface area contributed by atoms with Gasteiger partial charge >= 0.3 is 0 Å². The summed E-state index contributed by atoms with van der Waals surface area (Å²) in [5, 5.41) is 0. The maximum atomic E-state index is 13.8. The van der Waals surface area contributed by atoms with Crippen LogP contribution in [-0.2, 0) is 0 Å². The van der Waals surface area contributed by atoms with E-state index in [2.05, 4.69) is 49.9 Å². The molecule has 0 aromatic heterocycles. The van der Waals surface area contributed by atoms with Gasteiger partial charge in [0, 0.05) is 36.1 Å². The van der Waals surface area contributed by atoms with Crippen molar-refractivity contribution in [2.75, 3.05) is 19.1 Å². The summed E-state index contributed by atoms with van der Waals surface area (Å²) >= 11 is 0. The summed E-state index contributed by atoms with van der Waals surface area (Å²) in [6.07, 6.45) is 3.91. The number of aliphatic imine (C=N–C) groups is 1. The number of fused-ring (bicyclic) bond motifs is 1. The Bertz CT molecular complexity index is 868. The second-order valence-electron chi connectivity index (χ2n) is 6.86. The summed E-state index contributed by atoms with van der Waals surface area (Å²) in [6.45, 7) is 6.47. The van der Waals surface area contributed by atoms with Gasteiger partial charge in [0.15, 0.2) is 0 Å². The van der Waals surface area contributed by atoms with E-state index in [1.165, 1.54) is 11.6 Å². The molecule has 0 amide bonds. The highest BCUT2D eigenvalue weighted by atomic mass is 19.1. The van der Waals surface area contributed by atoms with Crippen LogP contribution in [0.15, 0.2) is 47.5 Å². The minimum Gasteiger partial charge on any atom is -0.496 e. The number of methoxy groups -OCH3 is 1. The van der Waals surface area contributed by atoms with Crippen LogP contribution in [0.25, 0.3) is 5.57 Å². The molecular formula is C21H23FN2O. The maximum absolute atomic E-state index is 13.8. The van der Waals surface area contributed by atoms with Gasteiger partial charge in [0.05, 0.1) is 18.3 Å². The van der Waals surface area contributed by atoms with Crippen molar-refractivity contribution in [2.45, 2.75) is 26.3 Å². The molecule has 130 valence electrons. The number of nitrogens with zero attached hydrogens (tertiary/aromatic N) is 2. The molecule has 25 heavy (non-hydrogen) atoms. The number of ether oxygens (including phenoxy) is 1. The number of rotatable bonds is 3. The molecular weight excluding hydrogens is 315 g/mol. The van der Waals surface area contributed by atoms with Crippen molar-refractivity contribution in [1.29, 1.82) is 0 Å². The quantitative estimate of drug-likeness (QED) is 0.717. The van der Waals surface area contributed by atoms with Crippen molar-refractivity contribution < 1.29 is 9.13 Å². The summed E-state index contributed by atoms with van der Waals surface area (Å²) in [4.78, 5) is 6.52. The number of hydrogen-bond acceptors (Lipinski definition) is 3. The normalized spacial score (nSPS) is 15.9. The maximum Gasteiger partial charge on any atom is 0.148 e. The lowest BCUT2D eigenvalue weighted by Gasteiger charge is -2.40. The summed E-state index contributed by atoms with van der Waals surface area (Å²) in [7, 11) is 3.72. The fourth-order valence-electron chi connectivity index (χ4n) is 3.17. The van der Waals surface area contributed by atoms with E-state index >= 15 is 0 Å². The standard InChI is InChI=1S/C21H23FN2O/c1-14-12-21(2,3)24(4)19-11-20(25-5)15(10-16(14)19)13-23-18-9-7-6-8-17(18)22/h6-13H,1-5H3. The molecule has 0 atom stereocenters. The number of allylic oxidation sites excluding steroid dienone is 1. The molecule has 3 nitrogen and oxygen atoms in total. The van der Waals surface area contributed by atoms with Gasteiger partial charge < -0.3 is 9.64 Å². The van der Waals surface area contributed by atoms with E-state index in [0.717, 1.165) is 22.6 Å². The number of benzene rings is 2. The molecule has 0 spiro atoms. The molecule has 0 saturated heterocycles. The molecule has 1 aliphatic heterocycles. The molecule has 0 N–H and O–H groups in total. The van der Waals surface area contributed by atoms with Crippen molar-refractivity contribution in [3.63, 3.8) is 0 Å². The third-order valence-corrected chi connectivity index (χ3v) is 4.76. The monoisotopic (exact) mass is 338 g/mol. The Morgan fingerprint density at radius 3 is 2.60 bits per heavy atom. The number of likely N-dealkylation sites (N-methyl/N-ethyl adjacent to an activating group) is 1. The topological polar surface area (TPSA) is 24.8 Å². The van der Waals surface area contributed by atoms with E-state index in [9.17, 15) is 4.39 Å². The molecule has 4 heteroatoms. The first-order valence-corrected chi connectivity index (χ1v) is 8.28. The van der Waals surface area contributed by atoms with Crippen molar-refractivity contribution in [3.8, 4) is 5.75 Å². The van der Waals surface area contributed by atoms with Crippen molar-refractivity contribution in [3.05, 3.63) is 59.4 Å². The van der Waals surface area contributed by atoms with E-state index in [4.69, 9.17) is 4.74 Å². The van der Waals surface area contributed by atoms with Crippen LogP contribution in [0, 0.1) is 5.82 Å². The van der Waals surface area contributed by atoms with Crippen molar-refractivity contribution >= 4 is 23.2 Å². The first-order valence-electron chi connectivity index (χ1n) is 8.28. The third kappa shape index (κ3) is 3.16. The first kappa shape index (κ1) is 17.2. The minimum atomic E-state index is -0.340. The molecule has 0 fully saturated rings. The van der Waals surface area contributed by atoms with E-state index in [1.807, 2.05) is 6.07 Å². The average Bonchev–Trinajstić information content (AvgIpc) is 2.58. The van der Waals surface area contributed by atoms with Crippen LogP contribution in [0.1, 0.15) is 31.9 Å². The SMILES string of the molecule is COc1cc2c(cc1C=Nc1ccccc1F)C(C)=CC(C)(C)N2C. The molecule has 1 heterocycles. The number of para-hydroxylation sites is 1. The highest BCUT2D eigenvalue weighted by molar-refractivity contribution is 5.91. The Hall–Kier alpha value is -2.62. The van der Waals surface area contributed by atoms with Crippen LogP contribution >= 0.6 is 0 Å². The van der Waals surface area contributed by atoms with Crippen LogP contribution in [0.4, 0.5) is 15.8 Å². The molecule has 1 aliphatic rings. The Morgan fingerprint density at radius 2 is 1.92 bits per heavy atom. The van der Waals surface area contributed by atoms with Gasteiger partial charge in [-0.1, -0.05) is 18.2 Å². The molecule has 0 aliphatic carbocycles. The second-order valence-corrected chi connectivity index (χ2v) is 6.86. The van der Waals surface area contributed by atoms with E-state index in [1.54, 1.807) is 31.5 Å². The fraction of sp³-hybridized carbons (Fsp3) is 0.286. The molecule has 2 aromatic carbocycles. The van der Waals surface area contributed by atoms with Gasteiger partial charge in [-0.15, -0.1) is 0 Å². The first-order chi connectivity index (χ1) is 11.8. The molecule has 0 radical (unpaired) electrons. The Balaban J connectivity index is 2.08. The van der Waals surface area contributed by atoms with Gasteiger partial charge in [0.2, 0.25) is 0 Å². The lowest BCUT2D eigenvalue weighted by molar-refractivity contribution is 0.414. The second kappa shape index (κ2) is 6.36. The zero-order valence-corrected chi connectivity index (χ0v) is 15.3. The van der Waals surface area contributed by atoms with Gasteiger partial charge in [-0.3, -0.25) is 4.99 Å². The van der Waals surface area contributed by atoms with Crippen molar-refractivity contribution in [2.24, 2.45) is 4.99 Å². The summed E-state index contributed by atoms with van der Waals surface area (Å²) < 4.78 is 19.3. The molecule has 0 unspecified atom stereocenters. The van der Waals surface area contributed by atoms with Gasteiger partial charge in [0.25, 0.3) is 0 Å². The molecule has 2 aromatic rings. The summed E-state index contributed by atoms with van der Waals surface area (Å²) in [5.74, 6) is 0.379. The summed E-state index contributed by atoms with van der Waals surface area (Å²) in [6, 6.07) is 10.6. The lowest BCUT2D eigenvalue weighted by atomic mass is 9.88. The smallest absolute Gasteiger partial charge is 0.148 e. The number of hydrogen-bond donors (Lipinski definition) is 0. The van der Waals surface area contributed by atoms with Crippen LogP contribution in [0.2, 0.25) is 0 Å². The van der Waals surface area contributed by atoms with Gasteiger partial charge in [-0.25, -0.2) is 4.39 Å². The Labute approximate surface area is 148 Å². The van der Waals surface area contributed by atoms with E-state index in [-0.39, 0.29) is 11.4 Å². The molecule has 0 bridgehead atoms. The van der Waals surface area contributed by atoms with Gasteiger partial charge in [-0.05, 0) is 44.5 Å². The lowest BCUT2D eigenvalue weighted by Crippen LogP contribution is -2.42. The largest absolute Gasteiger partial charge is 0.496 e. The van der Waals surface area contributed by atoms with E-state index < -0.39 is 0 Å². The van der Waals surface area contributed by atoms with Crippen LogP contribution < -0.4 is 9.64 Å². The van der Waals surface area contributed by atoms with Gasteiger partial charge in [0.1, 0.15) is 11.6 Å². The Morgan fingerprint density at radius 1 is 1.20 bits per heavy atom. The minimum absolute atomic E-state index is 0.0646. The van der Waals surface area contributed by atoms with Crippen molar-refractivity contribution in [1.82, 2.24) is 0 Å². The van der Waals surface area contributed by atoms with Crippen LogP contribution in [0.5, 0.6) is 5.75 Å². The van der Waals surface area contributed by atoms with E-state index in [0.29, 0.717) is 5.69 Å². The zero-order valence-electron chi connectivity index (χ0n) is 15.3. The van der Waals surface area contributed by atoms with Crippen LogP contribution in [0.3, 0.4) is 0 Å². The van der Waals surface area contributed by atoms with Crippen LogP contribution in [-0.4, -0.2) is 25.9 Å². The number of anilines is 1. The predicted molar refractivity (Wildman–Crippen MR) is 103 cm³/mol.